The number of carbonyl (C=O) groups is 3. The van der Waals surface area contributed by atoms with E-state index in [4.69, 9.17) is 25.6 Å². The molecule has 0 radical (unpaired) electrons. The maximum atomic E-state index is 15.3. The Kier molecular flexibility index (Phi) is 9.57. The molecule has 5 heterocycles. The van der Waals surface area contributed by atoms with Gasteiger partial charge < -0.3 is 40.4 Å². The zero-order valence-electron chi connectivity index (χ0n) is 35.3. The molecule has 5 aromatic rings. The van der Waals surface area contributed by atoms with Crippen molar-refractivity contribution in [2.45, 2.75) is 90.3 Å². The Bertz CT molecular complexity index is 2940. The number of nitrogens with zero attached hydrogens (tertiary/aromatic N) is 4. The lowest BCUT2D eigenvalue weighted by Crippen LogP contribution is -2.63. The summed E-state index contributed by atoms with van der Waals surface area (Å²) in [5.74, 6) is -2.12. The Hall–Kier alpha value is -6.85. The van der Waals surface area contributed by atoms with Crippen molar-refractivity contribution in [3.05, 3.63) is 115 Å². The number of hydrogen-bond acceptors (Lipinski definition) is 12. The summed E-state index contributed by atoms with van der Waals surface area (Å²) in [6.07, 6.45) is -0.0895. The van der Waals surface area contributed by atoms with E-state index in [1.54, 1.807) is 25.1 Å². The molecule has 5 aliphatic rings. The number of cyclic esters (lactones) is 1. The summed E-state index contributed by atoms with van der Waals surface area (Å²) in [6.45, 7) is 7.59. The number of aromatic hydroxyl groups is 2. The van der Waals surface area contributed by atoms with Crippen molar-refractivity contribution < 1.29 is 43.6 Å². The number of primary amides is 1. The van der Waals surface area contributed by atoms with Crippen molar-refractivity contribution in [1.29, 1.82) is 5.41 Å². The number of esters is 1. The molecule has 1 spiro atoms. The highest BCUT2D eigenvalue weighted by molar-refractivity contribution is 6.22. The van der Waals surface area contributed by atoms with Crippen molar-refractivity contribution in [3.63, 3.8) is 0 Å². The van der Waals surface area contributed by atoms with E-state index >= 15 is 4.39 Å². The second kappa shape index (κ2) is 14.9. The van der Waals surface area contributed by atoms with Gasteiger partial charge in [0.05, 0.1) is 46.3 Å². The number of amidine groups is 1. The first kappa shape index (κ1) is 41.2. The summed E-state index contributed by atoms with van der Waals surface area (Å²) in [5, 5.41) is 44.0. The number of benzene rings is 3. The lowest BCUT2D eigenvalue weighted by Gasteiger charge is -2.58. The van der Waals surface area contributed by atoms with Crippen LogP contribution < -0.4 is 21.5 Å². The summed E-state index contributed by atoms with van der Waals surface area (Å²) >= 11 is 0. The smallest absolute Gasteiger partial charge is 0.407 e. The lowest BCUT2D eigenvalue weighted by molar-refractivity contribution is -0.157. The van der Waals surface area contributed by atoms with Crippen LogP contribution in [0.2, 0.25) is 0 Å². The van der Waals surface area contributed by atoms with Gasteiger partial charge in [-0.15, -0.1) is 0 Å². The molecule has 1 saturated heterocycles. The van der Waals surface area contributed by atoms with Crippen molar-refractivity contribution in [2.75, 3.05) is 18.0 Å². The van der Waals surface area contributed by atoms with E-state index in [1.165, 1.54) is 16.7 Å². The number of aryl methyl sites for hydroxylation is 1. The van der Waals surface area contributed by atoms with Crippen molar-refractivity contribution in [1.82, 2.24) is 19.8 Å². The molecule has 2 fully saturated rings. The lowest BCUT2D eigenvalue weighted by atomic mass is 9.61. The number of phenols is 2. The average molecular weight is 872 g/mol. The largest absolute Gasteiger partial charge is 0.508 e. The second-order valence-electron chi connectivity index (χ2n) is 18.2. The fourth-order valence-corrected chi connectivity index (χ4v) is 10.6. The number of pyridine rings is 2. The molecule has 16 nitrogen and oxygen atoms in total. The van der Waals surface area contributed by atoms with Gasteiger partial charge in [0.2, 0.25) is 0 Å². The Morgan fingerprint density at radius 1 is 1.08 bits per heavy atom. The number of rotatable bonds is 7. The Morgan fingerprint density at radius 2 is 1.81 bits per heavy atom. The molecule has 0 bridgehead atoms. The highest BCUT2D eigenvalue weighted by Gasteiger charge is 2.53. The molecule has 3 aromatic carbocycles. The van der Waals surface area contributed by atoms with Crippen LogP contribution in [-0.4, -0.2) is 72.9 Å². The fourth-order valence-electron chi connectivity index (χ4n) is 10.6. The van der Waals surface area contributed by atoms with Crippen molar-refractivity contribution in [2.24, 2.45) is 11.1 Å². The molecule has 7 N–H and O–H groups in total. The van der Waals surface area contributed by atoms with Gasteiger partial charge in [-0.05, 0) is 90.6 Å². The van der Waals surface area contributed by atoms with Crippen LogP contribution in [0.5, 0.6) is 11.5 Å². The number of anilines is 1. The van der Waals surface area contributed by atoms with Gasteiger partial charge >= 0.3 is 18.1 Å². The molecule has 2 aromatic heterocycles. The van der Waals surface area contributed by atoms with E-state index in [0.717, 1.165) is 46.1 Å². The monoisotopic (exact) mass is 871 g/mol. The van der Waals surface area contributed by atoms with Crippen molar-refractivity contribution in [3.8, 4) is 22.9 Å². The minimum absolute atomic E-state index is 0.0224. The number of phenolic OH excluding ortho intramolecular Hbond substituents is 2. The number of aliphatic hydroxyl groups is 1. The SMILES string of the molecule is Cc1c(F)cc2nc3c(c4c2c1CCC4NC(=O)OC1CC2(C1)CN(Cc1ccc(N(C(=N)c4cc(C(C)C)c(O)cc4O)C(N)=O)cc1)C2)Cn1c-3cc2c(c1=O)COC(=O)C2O. The molecule has 1 saturated carbocycles. The van der Waals surface area contributed by atoms with Crippen LogP contribution in [0, 0.1) is 23.6 Å². The number of fused-ring (bicyclic) bond motifs is 5. The van der Waals surface area contributed by atoms with Gasteiger partial charge in [-0.2, -0.15) is 0 Å². The molecule has 17 heteroatoms. The number of carbonyl (C=O) groups excluding carboxylic acids is 3. The number of aromatic nitrogens is 2. The minimum atomic E-state index is -1.62. The van der Waals surface area contributed by atoms with Crippen LogP contribution in [0.15, 0.2) is 53.3 Å². The van der Waals surface area contributed by atoms with E-state index in [-0.39, 0.29) is 64.6 Å². The molecule has 3 amide bonds. The van der Waals surface area contributed by atoms with Gasteiger partial charge in [0.1, 0.15) is 35.9 Å². The van der Waals surface area contributed by atoms with E-state index in [9.17, 15) is 34.5 Å². The predicted molar refractivity (Wildman–Crippen MR) is 231 cm³/mol. The number of nitrogens with two attached hydrogens (primary N) is 1. The standard InChI is InChI=1S/C47H46FN7O9/c1-21(2)27-10-29(37(57)13-36(27)56)42(49)55(45(50)61)24-6-4-23(5-7-24)16-53-19-47(20-53)14-25(15-47)64-46(62)52-33-9-8-26-22(3)32(48)12-34-38(26)39(33)30-17-54-35(40(30)51-34)11-28-31(43(54)59)18-63-44(60)41(28)58/h4-7,10-13,21,25,33,41,49,56-58H,8-9,14-20H2,1-3H3,(H2,50,61)(H,52,62). The number of amides is 3. The topological polar surface area (TPSA) is 234 Å². The van der Waals surface area contributed by atoms with E-state index in [2.05, 4.69) is 10.2 Å². The number of hydrogen-bond donors (Lipinski definition) is 6. The van der Waals surface area contributed by atoms with Gasteiger partial charge in [-0.3, -0.25) is 15.1 Å². The molecular weight excluding hydrogens is 826 g/mol. The van der Waals surface area contributed by atoms with Gasteiger partial charge in [0.15, 0.2) is 6.10 Å². The molecule has 2 unspecified atom stereocenters. The Morgan fingerprint density at radius 3 is 2.52 bits per heavy atom. The van der Waals surface area contributed by atoms with Gasteiger partial charge in [-0.25, -0.2) is 28.7 Å². The maximum Gasteiger partial charge on any atom is 0.407 e. The fraction of sp³-hybridized carbons (Fsp3) is 0.362. The first-order valence-electron chi connectivity index (χ1n) is 21.3. The zero-order chi connectivity index (χ0) is 45.1. The number of alkyl carbamates (subject to hydrolysis) is 1. The number of aliphatic hydroxyl groups excluding tert-OH is 1. The predicted octanol–water partition coefficient (Wildman–Crippen LogP) is 5.79. The Balaban J connectivity index is 0.791. The summed E-state index contributed by atoms with van der Waals surface area (Å²) in [4.78, 5) is 60.2. The molecule has 2 atom stereocenters. The molecule has 2 aliphatic carbocycles. The highest BCUT2D eigenvalue weighted by Crippen LogP contribution is 2.51. The minimum Gasteiger partial charge on any atom is -0.508 e. The Labute approximate surface area is 365 Å². The van der Waals surface area contributed by atoms with Gasteiger partial charge in [0.25, 0.3) is 5.56 Å². The molecule has 3 aliphatic heterocycles. The average Bonchev–Trinajstić information content (AvgIpc) is 3.59. The molecular formula is C47H46FN7O9. The number of nitrogens with one attached hydrogen (secondary N) is 2. The van der Waals surface area contributed by atoms with Gasteiger partial charge in [0, 0.05) is 53.7 Å². The van der Waals surface area contributed by atoms with E-state index in [1.807, 2.05) is 26.0 Å². The summed E-state index contributed by atoms with van der Waals surface area (Å²) in [6, 6.07) is 11.3. The summed E-state index contributed by atoms with van der Waals surface area (Å²) in [5.41, 5.74) is 11.5. The van der Waals surface area contributed by atoms with Crippen LogP contribution in [0.3, 0.4) is 0 Å². The normalized spacial score (nSPS) is 19.3. The number of halogens is 1. The van der Waals surface area contributed by atoms with E-state index in [0.29, 0.717) is 71.5 Å². The molecule has 64 heavy (non-hydrogen) atoms. The molecule has 330 valence electrons. The third-order valence-electron chi connectivity index (χ3n) is 13.7. The zero-order valence-corrected chi connectivity index (χ0v) is 35.3. The highest BCUT2D eigenvalue weighted by atomic mass is 19.1. The number of likely N-dealkylation sites (tertiary alicyclic amines) is 1. The maximum absolute atomic E-state index is 15.3. The first-order valence-corrected chi connectivity index (χ1v) is 21.3. The van der Waals surface area contributed by atoms with Crippen LogP contribution >= 0.6 is 0 Å². The van der Waals surface area contributed by atoms with Crippen LogP contribution in [0.25, 0.3) is 22.3 Å². The second-order valence-corrected chi connectivity index (χ2v) is 18.2. The number of urea groups is 1. The van der Waals surface area contributed by atoms with Crippen LogP contribution in [0.4, 0.5) is 19.7 Å². The molecule has 10 rings (SSSR count). The van der Waals surface area contributed by atoms with E-state index < -0.39 is 41.6 Å². The third kappa shape index (κ3) is 6.55. The first-order chi connectivity index (χ1) is 30.5. The number of ether oxygens (including phenoxy) is 2. The third-order valence-corrected chi connectivity index (χ3v) is 13.7. The van der Waals surface area contributed by atoms with Crippen LogP contribution in [-0.2, 0) is 40.4 Å². The van der Waals surface area contributed by atoms with Gasteiger partial charge in [-0.1, -0.05) is 26.0 Å². The van der Waals surface area contributed by atoms with Crippen LogP contribution in [0.1, 0.15) is 101 Å². The quantitative estimate of drug-likeness (QED) is 0.0639. The summed E-state index contributed by atoms with van der Waals surface area (Å²) < 4.78 is 27.8. The summed E-state index contributed by atoms with van der Waals surface area (Å²) in [7, 11) is 0. The van der Waals surface area contributed by atoms with Crippen molar-refractivity contribution >= 4 is 40.5 Å².